The Labute approximate surface area is 149 Å². The summed E-state index contributed by atoms with van der Waals surface area (Å²) in [5.41, 5.74) is 2.29. The molecule has 1 N–H and O–H groups in total. The molecule has 0 aliphatic heterocycles. The fraction of sp³-hybridized carbons (Fsp3) is 0.278. The van der Waals surface area contributed by atoms with E-state index in [4.69, 9.17) is 16.0 Å². The molecule has 2 heterocycles. The first-order chi connectivity index (χ1) is 12.1. The lowest BCUT2D eigenvalue weighted by Crippen LogP contribution is -2.19. The molecule has 25 heavy (non-hydrogen) atoms. The van der Waals surface area contributed by atoms with Crippen LogP contribution in [0.1, 0.15) is 30.2 Å². The van der Waals surface area contributed by atoms with E-state index in [1.807, 2.05) is 37.4 Å². The Morgan fingerprint density at radius 2 is 2.16 bits per heavy atom. The second-order valence-electron chi connectivity index (χ2n) is 6.20. The highest BCUT2D eigenvalue weighted by atomic mass is 35.5. The normalized spacial score (nSPS) is 13.8. The van der Waals surface area contributed by atoms with E-state index in [0.29, 0.717) is 28.4 Å². The number of amides is 1. The van der Waals surface area contributed by atoms with Crippen LogP contribution in [0.5, 0.6) is 0 Å². The van der Waals surface area contributed by atoms with E-state index in [1.54, 1.807) is 10.6 Å². The van der Waals surface area contributed by atoms with Crippen molar-refractivity contribution in [3.8, 4) is 11.6 Å². The predicted octanol–water partition coefficient (Wildman–Crippen LogP) is 4.02. The van der Waals surface area contributed by atoms with Gasteiger partial charge in [0.2, 0.25) is 11.8 Å². The summed E-state index contributed by atoms with van der Waals surface area (Å²) in [7, 11) is 0. The third-order valence-electron chi connectivity index (χ3n) is 4.27. The number of hydrogen-bond acceptors (Lipinski definition) is 4. The first-order valence-electron chi connectivity index (χ1n) is 8.15. The molecule has 1 fully saturated rings. The standard InChI is InChI=1S/C18H17ClN4O2/c1-11-13(19)4-2-5-14(11)20-16(24)10-23-9-3-6-15(23)18-22-21-17(25-18)12-7-8-12/h2-6,9,12H,7-8,10H2,1H3,(H,20,24). The zero-order valence-electron chi connectivity index (χ0n) is 13.7. The summed E-state index contributed by atoms with van der Waals surface area (Å²) in [5.74, 6) is 1.38. The monoisotopic (exact) mass is 356 g/mol. The third-order valence-corrected chi connectivity index (χ3v) is 4.68. The molecule has 0 spiro atoms. The van der Waals surface area contributed by atoms with Crippen LogP contribution in [-0.2, 0) is 11.3 Å². The Morgan fingerprint density at radius 1 is 1.32 bits per heavy atom. The highest BCUT2D eigenvalue weighted by molar-refractivity contribution is 6.31. The number of halogens is 1. The fourth-order valence-corrected chi connectivity index (χ4v) is 2.84. The Morgan fingerprint density at radius 3 is 2.96 bits per heavy atom. The first-order valence-corrected chi connectivity index (χ1v) is 8.53. The average Bonchev–Trinajstić information content (AvgIpc) is 3.14. The van der Waals surface area contributed by atoms with Crippen LogP contribution >= 0.6 is 11.6 Å². The van der Waals surface area contributed by atoms with E-state index >= 15 is 0 Å². The van der Waals surface area contributed by atoms with E-state index in [-0.39, 0.29) is 12.5 Å². The maximum atomic E-state index is 12.4. The lowest BCUT2D eigenvalue weighted by Gasteiger charge is -2.11. The lowest BCUT2D eigenvalue weighted by molar-refractivity contribution is -0.116. The summed E-state index contributed by atoms with van der Waals surface area (Å²) in [5, 5.41) is 11.7. The molecule has 1 aliphatic rings. The minimum atomic E-state index is -0.148. The molecule has 1 aromatic carbocycles. The summed E-state index contributed by atoms with van der Waals surface area (Å²) >= 11 is 6.09. The Balaban J connectivity index is 1.50. The number of hydrogen-bond donors (Lipinski definition) is 1. The maximum absolute atomic E-state index is 12.4. The van der Waals surface area contributed by atoms with E-state index < -0.39 is 0 Å². The van der Waals surface area contributed by atoms with Crippen molar-refractivity contribution in [3.63, 3.8) is 0 Å². The van der Waals surface area contributed by atoms with Crippen molar-refractivity contribution in [3.05, 3.63) is 53.0 Å². The van der Waals surface area contributed by atoms with Gasteiger partial charge >= 0.3 is 0 Å². The number of rotatable bonds is 5. The van der Waals surface area contributed by atoms with Crippen LogP contribution in [0, 0.1) is 6.92 Å². The van der Waals surface area contributed by atoms with Crippen molar-refractivity contribution in [2.75, 3.05) is 5.32 Å². The second-order valence-corrected chi connectivity index (χ2v) is 6.61. The van der Waals surface area contributed by atoms with Crippen molar-refractivity contribution < 1.29 is 9.21 Å². The van der Waals surface area contributed by atoms with Crippen molar-refractivity contribution >= 4 is 23.2 Å². The quantitative estimate of drug-likeness (QED) is 0.749. The Bertz CT molecular complexity index is 927. The highest BCUT2D eigenvalue weighted by Gasteiger charge is 2.30. The molecule has 0 saturated heterocycles. The zero-order chi connectivity index (χ0) is 17.4. The van der Waals surface area contributed by atoms with Crippen LogP contribution in [0.25, 0.3) is 11.6 Å². The van der Waals surface area contributed by atoms with Crippen LogP contribution in [0.3, 0.4) is 0 Å². The molecule has 1 aliphatic carbocycles. The van der Waals surface area contributed by atoms with Crippen molar-refractivity contribution in [1.29, 1.82) is 0 Å². The summed E-state index contributed by atoms with van der Waals surface area (Å²) in [4.78, 5) is 12.4. The SMILES string of the molecule is Cc1c(Cl)cccc1NC(=O)Cn1cccc1-c1nnc(C2CC2)o1. The zero-order valence-corrected chi connectivity index (χ0v) is 14.5. The van der Waals surface area contributed by atoms with Gasteiger partial charge in [0.25, 0.3) is 5.89 Å². The van der Waals surface area contributed by atoms with Gasteiger partial charge in [-0.2, -0.15) is 0 Å². The number of anilines is 1. The summed E-state index contributed by atoms with van der Waals surface area (Å²) in [6.45, 7) is 2.02. The third kappa shape index (κ3) is 3.30. The molecule has 1 saturated carbocycles. The largest absolute Gasteiger partial charge is 0.419 e. The molecule has 7 heteroatoms. The fourth-order valence-electron chi connectivity index (χ4n) is 2.67. The Hall–Kier alpha value is -2.60. The minimum Gasteiger partial charge on any atom is -0.419 e. The number of aromatic nitrogens is 3. The average molecular weight is 357 g/mol. The van der Waals surface area contributed by atoms with E-state index in [0.717, 1.165) is 24.1 Å². The summed E-state index contributed by atoms with van der Waals surface area (Å²) in [6, 6.07) is 9.15. The van der Waals surface area contributed by atoms with Crippen LogP contribution in [-0.4, -0.2) is 20.7 Å². The Kier molecular flexibility index (Phi) is 4.05. The number of carbonyl (C=O) groups excluding carboxylic acids is 1. The summed E-state index contributed by atoms with van der Waals surface area (Å²) < 4.78 is 7.53. The molecule has 1 amide bonds. The molecule has 0 bridgehead atoms. The van der Waals surface area contributed by atoms with Crippen molar-refractivity contribution in [2.24, 2.45) is 0 Å². The van der Waals surface area contributed by atoms with Gasteiger partial charge in [0.1, 0.15) is 12.2 Å². The van der Waals surface area contributed by atoms with E-state index in [1.165, 1.54) is 0 Å². The number of carbonyl (C=O) groups is 1. The van der Waals surface area contributed by atoms with Gasteiger partial charge < -0.3 is 14.3 Å². The van der Waals surface area contributed by atoms with Gasteiger partial charge in [0, 0.05) is 22.8 Å². The van der Waals surface area contributed by atoms with Crippen LogP contribution in [0.2, 0.25) is 5.02 Å². The number of nitrogens with one attached hydrogen (secondary N) is 1. The highest BCUT2D eigenvalue weighted by Crippen LogP contribution is 2.39. The molecule has 6 nitrogen and oxygen atoms in total. The maximum Gasteiger partial charge on any atom is 0.264 e. The molecule has 2 aromatic heterocycles. The van der Waals surface area contributed by atoms with Gasteiger partial charge in [0.15, 0.2) is 0 Å². The number of benzene rings is 1. The predicted molar refractivity (Wildman–Crippen MR) is 94.5 cm³/mol. The first kappa shape index (κ1) is 15.9. The molecule has 128 valence electrons. The molecule has 4 rings (SSSR count). The van der Waals surface area contributed by atoms with Crippen molar-refractivity contribution in [1.82, 2.24) is 14.8 Å². The molecule has 3 aromatic rings. The molecular weight excluding hydrogens is 340 g/mol. The van der Waals surface area contributed by atoms with Crippen molar-refractivity contribution in [2.45, 2.75) is 32.2 Å². The van der Waals surface area contributed by atoms with Gasteiger partial charge in [-0.3, -0.25) is 4.79 Å². The van der Waals surface area contributed by atoms with Crippen LogP contribution in [0.4, 0.5) is 5.69 Å². The molecule has 0 unspecified atom stereocenters. The van der Waals surface area contributed by atoms with Gasteiger partial charge in [-0.15, -0.1) is 10.2 Å². The molecule has 0 atom stereocenters. The van der Waals surface area contributed by atoms with E-state index in [2.05, 4.69) is 15.5 Å². The van der Waals surface area contributed by atoms with Gasteiger partial charge in [-0.1, -0.05) is 17.7 Å². The van der Waals surface area contributed by atoms with Gasteiger partial charge in [0.05, 0.1) is 0 Å². The molecule has 0 radical (unpaired) electrons. The van der Waals surface area contributed by atoms with Gasteiger partial charge in [-0.05, 0) is 49.6 Å². The second kappa shape index (κ2) is 6.37. The van der Waals surface area contributed by atoms with Gasteiger partial charge in [-0.25, -0.2) is 0 Å². The molecular formula is C18H17ClN4O2. The lowest BCUT2D eigenvalue weighted by atomic mass is 10.2. The summed E-state index contributed by atoms with van der Waals surface area (Å²) in [6.07, 6.45) is 4.02. The topological polar surface area (TPSA) is 73.0 Å². The van der Waals surface area contributed by atoms with Crippen LogP contribution < -0.4 is 5.32 Å². The van der Waals surface area contributed by atoms with Crippen LogP contribution in [0.15, 0.2) is 40.9 Å². The minimum absolute atomic E-state index is 0.148. The number of nitrogens with zero attached hydrogens (tertiary/aromatic N) is 3. The van der Waals surface area contributed by atoms with E-state index in [9.17, 15) is 4.79 Å². The smallest absolute Gasteiger partial charge is 0.264 e.